The molecule has 0 spiro atoms. The molecule has 7 heteroatoms. The van der Waals surface area contributed by atoms with Crippen LogP contribution in [0.2, 0.25) is 0 Å². The summed E-state index contributed by atoms with van der Waals surface area (Å²) in [5.41, 5.74) is 0. The minimum atomic E-state index is -4.58. The van der Waals surface area contributed by atoms with Gasteiger partial charge in [-0.3, -0.25) is 4.52 Å². The molecule has 78 valence electrons. The quantitative estimate of drug-likeness (QED) is 0.345. The van der Waals surface area contributed by atoms with E-state index in [2.05, 4.69) is 11.1 Å². The van der Waals surface area contributed by atoms with Crippen molar-refractivity contribution in [3.8, 4) is 0 Å². The number of phosphoric ester groups is 1. The topological polar surface area (TPSA) is 107 Å². The third-order valence-corrected chi connectivity index (χ3v) is 1.75. The lowest BCUT2D eigenvalue weighted by atomic mass is 10.1. The molecule has 0 saturated carbocycles. The summed E-state index contributed by atoms with van der Waals surface area (Å²) in [6.45, 7) is 2.71. The van der Waals surface area contributed by atoms with Gasteiger partial charge in [-0.25, -0.2) is 4.57 Å². The number of hydrogen-bond donors (Lipinski definition) is 4. The molecule has 0 aromatic carbocycles. The number of rotatable bonds is 6. The summed E-state index contributed by atoms with van der Waals surface area (Å²) < 4.78 is 14.2. The molecule has 0 fully saturated rings. The van der Waals surface area contributed by atoms with Gasteiger partial charge >= 0.3 is 7.82 Å². The smallest absolute Gasteiger partial charge is 0.390 e. The van der Waals surface area contributed by atoms with Gasteiger partial charge in [-0.2, -0.15) is 0 Å². The average molecular weight is 212 g/mol. The highest BCUT2D eigenvalue weighted by Crippen LogP contribution is 2.35. The molecule has 0 amide bonds. The van der Waals surface area contributed by atoms with E-state index in [-0.39, 0.29) is 6.42 Å². The summed E-state index contributed by atoms with van der Waals surface area (Å²) in [5.74, 6) is 0. The van der Waals surface area contributed by atoms with Crippen molar-refractivity contribution in [2.24, 2.45) is 0 Å². The second kappa shape index (κ2) is 5.49. The lowest BCUT2D eigenvalue weighted by Gasteiger charge is -2.16. The Labute approximate surface area is 75.7 Å². The Kier molecular flexibility index (Phi) is 5.39. The van der Waals surface area contributed by atoms with E-state index >= 15 is 0 Å². The number of aliphatic hydroxyl groups excluding tert-OH is 2. The number of aliphatic hydroxyl groups is 2. The van der Waals surface area contributed by atoms with Crippen molar-refractivity contribution < 1.29 is 29.1 Å². The maximum absolute atomic E-state index is 10.2. The average Bonchev–Trinajstić information content (AvgIpc) is 1.99. The lowest BCUT2D eigenvalue weighted by molar-refractivity contribution is -0.0118. The van der Waals surface area contributed by atoms with E-state index in [4.69, 9.17) is 20.0 Å². The van der Waals surface area contributed by atoms with Gasteiger partial charge in [0.05, 0.1) is 12.7 Å². The van der Waals surface area contributed by atoms with E-state index in [1.165, 1.54) is 6.08 Å². The van der Waals surface area contributed by atoms with E-state index < -0.39 is 26.6 Å². The van der Waals surface area contributed by atoms with Crippen LogP contribution in [-0.4, -0.2) is 38.8 Å². The standard InChI is InChI=1S/C6H13O6P/c1-2-3-5(7)6(8)4-12-13(9,10)11/h2,5-8H,1,3-4H2,(H2,9,10,11)/t5?,6-/m0/s1. The highest BCUT2D eigenvalue weighted by atomic mass is 31.2. The van der Waals surface area contributed by atoms with Crippen LogP contribution < -0.4 is 0 Å². The Morgan fingerprint density at radius 3 is 2.31 bits per heavy atom. The Bertz CT molecular complexity index is 199. The molecule has 4 N–H and O–H groups in total. The maximum Gasteiger partial charge on any atom is 0.469 e. The van der Waals surface area contributed by atoms with Crippen molar-refractivity contribution in [1.82, 2.24) is 0 Å². The fourth-order valence-corrected chi connectivity index (χ4v) is 0.959. The maximum atomic E-state index is 10.2. The zero-order valence-electron chi connectivity index (χ0n) is 6.91. The molecule has 0 rings (SSSR count). The lowest BCUT2D eigenvalue weighted by Crippen LogP contribution is -2.29. The highest BCUT2D eigenvalue weighted by Gasteiger charge is 2.20. The van der Waals surface area contributed by atoms with E-state index in [0.717, 1.165) is 0 Å². The summed E-state index contributed by atoms with van der Waals surface area (Å²) in [6.07, 6.45) is -0.938. The largest absolute Gasteiger partial charge is 0.469 e. The zero-order valence-corrected chi connectivity index (χ0v) is 7.80. The van der Waals surface area contributed by atoms with Gasteiger partial charge in [-0.05, 0) is 6.42 Å². The van der Waals surface area contributed by atoms with Crippen LogP contribution in [-0.2, 0) is 9.09 Å². The van der Waals surface area contributed by atoms with E-state index in [1.807, 2.05) is 0 Å². The van der Waals surface area contributed by atoms with Crippen LogP contribution in [0.5, 0.6) is 0 Å². The van der Waals surface area contributed by atoms with Crippen LogP contribution in [0.15, 0.2) is 12.7 Å². The predicted octanol–water partition coefficient (Wildman–Crippen LogP) is -0.606. The summed E-state index contributed by atoms with van der Waals surface area (Å²) >= 11 is 0. The van der Waals surface area contributed by atoms with Crippen molar-refractivity contribution in [2.75, 3.05) is 6.61 Å². The summed E-state index contributed by atoms with van der Waals surface area (Å²) in [5, 5.41) is 18.1. The molecule has 0 heterocycles. The van der Waals surface area contributed by atoms with Crippen molar-refractivity contribution in [3.63, 3.8) is 0 Å². The minimum Gasteiger partial charge on any atom is -0.390 e. The fraction of sp³-hybridized carbons (Fsp3) is 0.667. The molecule has 0 aromatic rings. The number of hydrogen-bond acceptors (Lipinski definition) is 4. The van der Waals surface area contributed by atoms with Crippen LogP contribution >= 0.6 is 7.82 Å². The van der Waals surface area contributed by atoms with Crippen molar-refractivity contribution in [1.29, 1.82) is 0 Å². The molecular formula is C6H13O6P. The van der Waals surface area contributed by atoms with Gasteiger partial charge in [-0.15, -0.1) is 6.58 Å². The normalized spacial score (nSPS) is 16.6. The SMILES string of the molecule is C=CCC(O)[C@@H](O)COP(=O)(O)O. The highest BCUT2D eigenvalue weighted by molar-refractivity contribution is 7.46. The third kappa shape index (κ3) is 6.89. The Morgan fingerprint density at radius 2 is 1.92 bits per heavy atom. The monoisotopic (exact) mass is 212 g/mol. The molecule has 1 unspecified atom stereocenters. The van der Waals surface area contributed by atoms with Gasteiger partial charge in [0, 0.05) is 0 Å². The van der Waals surface area contributed by atoms with Crippen LogP contribution in [0.1, 0.15) is 6.42 Å². The zero-order chi connectivity index (χ0) is 10.5. The summed E-state index contributed by atoms with van der Waals surface area (Å²) in [4.78, 5) is 16.5. The first-order chi connectivity index (χ1) is 5.87. The Morgan fingerprint density at radius 1 is 1.38 bits per heavy atom. The molecule has 0 bridgehead atoms. The summed E-state index contributed by atoms with van der Waals surface area (Å²) in [7, 11) is -4.58. The van der Waals surface area contributed by atoms with Gasteiger partial charge in [-0.1, -0.05) is 6.08 Å². The number of phosphoric acid groups is 1. The van der Waals surface area contributed by atoms with Gasteiger partial charge in [0.1, 0.15) is 6.10 Å². The molecule has 6 nitrogen and oxygen atoms in total. The van der Waals surface area contributed by atoms with Crippen molar-refractivity contribution >= 4 is 7.82 Å². The van der Waals surface area contributed by atoms with Crippen LogP contribution in [0, 0.1) is 0 Å². The first-order valence-electron chi connectivity index (χ1n) is 3.54. The van der Waals surface area contributed by atoms with Crippen LogP contribution in [0.4, 0.5) is 0 Å². The molecule has 0 aromatic heterocycles. The molecule has 13 heavy (non-hydrogen) atoms. The fourth-order valence-electron chi connectivity index (χ4n) is 0.612. The van der Waals surface area contributed by atoms with Gasteiger partial charge < -0.3 is 20.0 Å². The molecule has 0 aliphatic carbocycles. The van der Waals surface area contributed by atoms with E-state index in [0.29, 0.717) is 0 Å². The van der Waals surface area contributed by atoms with Crippen molar-refractivity contribution in [3.05, 3.63) is 12.7 Å². The summed E-state index contributed by atoms with van der Waals surface area (Å²) in [6, 6.07) is 0. The molecule has 0 radical (unpaired) electrons. The predicted molar refractivity (Wildman–Crippen MR) is 44.8 cm³/mol. The molecular weight excluding hydrogens is 199 g/mol. The second-order valence-corrected chi connectivity index (χ2v) is 3.68. The molecule has 0 saturated heterocycles. The molecule has 0 aliphatic rings. The van der Waals surface area contributed by atoms with Crippen molar-refractivity contribution in [2.45, 2.75) is 18.6 Å². The van der Waals surface area contributed by atoms with E-state index in [9.17, 15) is 4.57 Å². The molecule has 2 atom stereocenters. The minimum absolute atomic E-state index is 0.131. The van der Waals surface area contributed by atoms with Crippen LogP contribution in [0.25, 0.3) is 0 Å². The second-order valence-electron chi connectivity index (χ2n) is 2.45. The third-order valence-electron chi connectivity index (χ3n) is 1.27. The first kappa shape index (κ1) is 12.8. The van der Waals surface area contributed by atoms with Gasteiger partial charge in [0.2, 0.25) is 0 Å². The van der Waals surface area contributed by atoms with Gasteiger partial charge in [0.25, 0.3) is 0 Å². The molecule has 0 aliphatic heterocycles. The Hall–Kier alpha value is -0.230. The van der Waals surface area contributed by atoms with E-state index in [1.54, 1.807) is 0 Å². The van der Waals surface area contributed by atoms with Gasteiger partial charge in [0.15, 0.2) is 0 Å². The van der Waals surface area contributed by atoms with Crippen LogP contribution in [0.3, 0.4) is 0 Å². The Balaban J connectivity index is 3.80. The first-order valence-corrected chi connectivity index (χ1v) is 5.07.